The number of hydrogen-bond acceptors (Lipinski definition) is 3. The number of carbonyl (C=O) groups is 1. The van der Waals surface area contributed by atoms with Crippen LogP contribution in [0.5, 0.6) is 0 Å². The maximum atomic E-state index is 12.5. The summed E-state index contributed by atoms with van der Waals surface area (Å²) in [6.45, 7) is 1.98. The van der Waals surface area contributed by atoms with Gasteiger partial charge in [0.05, 0.1) is 6.04 Å². The molecule has 2 aromatic carbocycles. The van der Waals surface area contributed by atoms with Crippen LogP contribution in [0.1, 0.15) is 11.1 Å². The third kappa shape index (κ3) is 3.66. The summed E-state index contributed by atoms with van der Waals surface area (Å²) in [5.41, 5.74) is 11.9. The molecule has 4 rings (SSSR count). The minimum atomic E-state index is -0.596. The Kier molecular flexibility index (Phi) is 4.91. The molecule has 0 aliphatic carbocycles. The Morgan fingerprint density at radius 2 is 1.96 bits per heavy atom. The van der Waals surface area contributed by atoms with Gasteiger partial charge in [-0.25, -0.2) is 4.98 Å². The van der Waals surface area contributed by atoms with Crippen LogP contribution in [-0.2, 0) is 11.2 Å². The van der Waals surface area contributed by atoms with Gasteiger partial charge < -0.3 is 16.0 Å². The van der Waals surface area contributed by atoms with Gasteiger partial charge in [0.1, 0.15) is 5.65 Å². The molecular formula is C23H22N4O. The van der Waals surface area contributed by atoms with Gasteiger partial charge in [-0.3, -0.25) is 4.79 Å². The number of hydrogen-bond donors (Lipinski definition) is 3. The molecule has 0 bridgehead atoms. The third-order valence-electron chi connectivity index (χ3n) is 4.89. The predicted molar refractivity (Wildman–Crippen MR) is 113 cm³/mol. The van der Waals surface area contributed by atoms with Crippen molar-refractivity contribution < 1.29 is 4.79 Å². The molecule has 2 aromatic heterocycles. The van der Waals surface area contributed by atoms with E-state index in [-0.39, 0.29) is 5.91 Å². The maximum Gasteiger partial charge on any atom is 0.241 e. The quantitative estimate of drug-likeness (QED) is 0.496. The SMILES string of the molecule is Cc1cc(-c2ccnc3[nH]ccc23)ccc1NC(=O)[C@H](N)Cc1ccccc1. The van der Waals surface area contributed by atoms with Crippen LogP contribution in [0.2, 0.25) is 0 Å². The molecule has 1 atom stereocenters. The summed E-state index contributed by atoms with van der Waals surface area (Å²) in [6.07, 6.45) is 4.19. The Hall–Kier alpha value is -3.44. The van der Waals surface area contributed by atoms with Gasteiger partial charge in [-0.15, -0.1) is 0 Å². The summed E-state index contributed by atoms with van der Waals surface area (Å²) in [5.74, 6) is -0.184. The van der Waals surface area contributed by atoms with E-state index in [1.165, 1.54) is 0 Å². The average molecular weight is 370 g/mol. The summed E-state index contributed by atoms with van der Waals surface area (Å²) in [5, 5.41) is 4.03. The van der Waals surface area contributed by atoms with Crippen LogP contribution in [0.3, 0.4) is 0 Å². The number of fused-ring (bicyclic) bond motifs is 1. The molecule has 0 spiro atoms. The first-order chi connectivity index (χ1) is 13.6. The van der Waals surface area contributed by atoms with Crippen molar-refractivity contribution in [1.82, 2.24) is 9.97 Å². The second-order valence-electron chi connectivity index (χ2n) is 6.91. The van der Waals surface area contributed by atoms with E-state index in [1.54, 1.807) is 6.20 Å². The summed E-state index contributed by atoms with van der Waals surface area (Å²) < 4.78 is 0. The first-order valence-corrected chi connectivity index (χ1v) is 9.25. The van der Waals surface area contributed by atoms with Crippen LogP contribution in [0.25, 0.3) is 22.2 Å². The molecule has 4 aromatic rings. The zero-order valence-electron chi connectivity index (χ0n) is 15.6. The summed E-state index contributed by atoms with van der Waals surface area (Å²) in [6, 6.07) is 19.2. The fourth-order valence-electron chi connectivity index (χ4n) is 3.37. The van der Waals surface area contributed by atoms with Crippen molar-refractivity contribution in [3.8, 4) is 11.1 Å². The van der Waals surface area contributed by atoms with Crippen molar-refractivity contribution in [2.75, 3.05) is 5.32 Å². The third-order valence-corrected chi connectivity index (χ3v) is 4.89. The molecule has 0 unspecified atom stereocenters. The van der Waals surface area contributed by atoms with Gasteiger partial charge >= 0.3 is 0 Å². The van der Waals surface area contributed by atoms with Crippen molar-refractivity contribution in [2.24, 2.45) is 5.73 Å². The highest BCUT2D eigenvalue weighted by atomic mass is 16.2. The van der Waals surface area contributed by atoms with E-state index in [2.05, 4.69) is 21.4 Å². The number of nitrogens with zero attached hydrogens (tertiary/aromatic N) is 1. The van der Waals surface area contributed by atoms with E-state index in [4.69, 9.17) is 5.73 Å². The number of rotatable bonds is 5. The molecule has 0 fully saturated rings. The number of aromatic amines is 1. The average Bonchev–Trinajstić information content (AvgIpc) is 3.19. The van der Waals surface area contributed by atoms with E-state index in [9.17, 15) is 4.79 Å². The molecular weight excluding hydrogens is 348 g/mol. The van der Waals surface area contributed by atoms with Gasteiger partial charge in [0.2, 0.25) is 5.91 Å². The summed E-state index contributed by atoms with van der Waals surface area (Å²) in [4.78, 5) is 20.0. The number of aromatic nitrogens is 2. The lowest BCUT2D eigenvalue weighted by molar-refractivity contribution is -0.117. The zero-order chi connectivity index (χ0) is 19.5. The molecule has 2 heterocycles. The lowest BCUT2D eigenvalue weighted by atomic mass is 10.0. The van der Waals surface area contributed by atoms with Crippen LogP contribution in [0.15, 0.2) is 73.1 Å². The number of amides is 1. The highest BCUT2D eigenvalue weighted by Gasteiger charge is 2.15. The van der Waals surface area contributed by atoms with Gasteiger partial charge in [-0.2, -0.15) is 0 Å². The normalized spacial score (nSPS) is 12.1. The lowest BCUT2D eigenvalue weighted by Gasteiger charge is -2.15. The minimum absolute atomic E-state index is 0.184. The number of benzene rings is 2. The lowest BCUT2D eigenvalue weighted by Crippen LogP contribution is -2.37. The minimum Gasteiger partial charge on any atom is -0.346 e. The van der Waals surface area contributed by atoms with Crippen molar-refractivity contribution >= 4 is 22.6 Å². The molecule has 5 nitrogen and oxygen atoms in total. The highest BCUT2D eigenvalue weighted by Crippen LogP contribution is 2.29. The van der Waals surface area contributed by atoms with Gasteiger partial charge in [-0.1, -0.05) is 36.4 Å². The molecule has 0 saturated heterocycles. The monoisotopic (exact) mass is 370 g/mol. The van der Waals surface area contributed by atoms with Crippen molar-refractivity contribution in [2.45, 2.75) is 19.4 Å². The smallest absolute Gasteiger partial charge is 0.241 e. The van der Waals surface area contributed by atoms with Gasteiger partial charge in [0, 0.05) is 23.5 Å². The fraction of sp³-hybridized carbons (Fsp3) is 0.130. The standard InChI is InChI=1S/C23H22N4O/c1-15-13-17(18-9-11-25-22-19(18)10-12-26-22)7-8-21(15)27-23(28)20(24)14-16-5-3-2-4-6-16/h2-13,20H,14,24H2,1H3,(H,25,26)(H,27,28)/t20-/m1/s1. The first-order valence-electron chi connectivity index (χ1n) is 9.25. The molecule has 4 N–H and O–H groups in total. The number of pyridine rings is 1. The Bertz CT molecular complexity index is 1120. The predicted octanol–water partition coefficient (Wildman–Crippen LogP) is 4.05. The highest BCUT2D eigenvalue weighted by molar-refractivity contribution is 5.97. The molecule has 0 radical (unpaired) electrons. The number of nitrogens with two attached hydrogens (primary N) is 1. The van der Waals surface area contributed by atoms with E-state index in [0.717, 1.165) is 39.0 Å². The van der Waals surface area contributed by atoms with Crippen molar-refractivity contribution in [1.29, 1.82) is 0 Å². The second-order valence-corrected chi connectivity index (χ2v) is 6.91. The van der Waals surface area contributed by atoms with Crippen LogP contribution in [0, 0.1) is 6.92 Å². The topological polar surface area (TPSA) is 83.8 Å². The first kappa shape index (κ1) is 17.9. The summed E-state index contributed by atoms with van der Waals surface area (Å²) in [7, 11) is 0. The van der Waals surface area contributed by atoms with Crippen LogP contribution in [-0.4, -0.2) is 21.9 Å². The van der Waals surface area contributed by atoms with E-state index in [1.807, 2.05) is 67.7 Å². The Labute approximate surface area is 163 Å². The molecule has 0 aliphatic heterocycles. The molecule has 140 valence electrons. The largest absolute Gasteiger partial charge is 0.346 e. The molecule has 0 aliphatic rings. The number of aryl methyl sites for hydroxylation is 1. The number of H-pyrrole nitrogens is 1. The maximum absolute atomic E-state index is 12.5. The van der Waals surface area contributed by atoms with Crippen LogP contribution >= 0.6 is 0 Å². The van der Waals surface area contributed by atoms with Crippen LogP contribution in [0.4, 0.5) is 5.69 Å². The Balaban J connectivity index is 1.52. The Morgan fingerprint density at radius 3 is 2.75 bits per heavy atom. The van der Waals surface area contributed by atoms with E-state index >= 15 is 0 Å². The number of carbonyl (C=O) groups excluding carboxylic acids is 1. The summed E-state index contributed by atoms with van der Waals surface area (Å²) >= 11 is 0. The van der Waals surface area contributed by atoms with E-state index < -0.39 is 6.04 Å². The molecule has 5 heteroatoms. The van der Waals surface area contributed by atoms with Crippen LogP contribution < -0.4 is 11.1 Å². The van der Waals surface area contributed by atoms with Gasteiger partial charge in [-0.05, 0) is 59.9 Å². The van der Waals surface area contributed by atoms with E-state index in [0.29, 0.717) is 6.42 Å². The van der Waals surface area contributed by atoms with Crippen molar-refractivity contribution in [3.05, 3.63) is 84.2 Å². The van der Waals surface area contributed by atoms with Gasteiger partial charge in [0.15, 0.2) is 0 Å². The number of anilines is 1. The molecule has 1 amide bonds. The Morgan fingerprint density at radius 1 is 1.14 bits per heavy atom. The zero-order valence-corrected chi connectivity index (χ0v) is 15.6. The molecule has 28 heavy (non-hydrogen) atoms. The molecule has 0 saturated carbocycles. The second kappa shape index (κ2) is 7.66. The van der Waals surface area contributed by atoms with Gasteiger partial charge in [0.25, 0.3) is 0 Å². The number of nitrogens with one attached hydrogen (secondary N) is 2. The fourth-order valence-corrected chi connectivity index (χ4v) is 3.37. The van der Waals surface area contributed by atoms with Crippen molar-refractivity contribution in [3.63, 3.8) is 0 Å².